The number of carbonyl (C=O) groups excluding carboxylic acids is 3. The van der Waals surface area contributed by atoms with Crippen molar-refractivity contribution in [2.75, 3.05) is 38.2 Å². The minimum atomic E-state index is -0.594. The molecule has 0 spiro atoms. The minimum absolute atomic E-state index is 0.0274. The smallest absolute Gasteiger partial charge is 0.325 e. The lowest BCUT2D eigenvalue weighted by atomic mass is 9.96. The third kappa shape index (κ3) is 6.48. The van der Waals surface area contributed by atoms with Gasteiger partial charge >= 0.3 is 6.03 Å². The van der Waals surface area contributed by atoms with Crippen LogP contribution in [0.1, 0.15) is 25.0 Å². The van der Waals surface area contributed by atoms with E-state index in [-0.39, 0.29) is 24.2 Å². The molecule has 0 aliphatic carbocycles. The van der Waals surface area contributed by atoms with E-state index < -0.39 is 6.03 Å². The van der Waals surface area contributed by atoms with Crippen LogP contribution in [0.5, 0.6) is 11.5 Å². The number of urea groups is 1. The maximum atomic E-state index is 12.3. The number of fused-ring (bicyclic) bond motifs is 1. The number of benzene rings is 1. The number of furan rings is 1. The molecule has 4 amide bonds. The van der Waals surface area contributed by atoms with Crippen molar-refractivity contribution in [2.24, 2.45) is 5.92 Å². The first-order valence-electron chi connectivity index (χ1n) is 11.1. The summed E-state index contributed by atoms with van der Waals surface area (Å²) in [6.45, 7) is 3.33. The Balaban J connectivity index is 1.12. The van der Waals surface area contributed by atoms with Crippen molar-refractivity contribution in [1.29, 1.82) is 0 Å². The van der Waals surface area contributed by atoms with E-state index in [2.05, 4.69) is 20.9 Å². The summed E-state index contributed by atoms with van der Waals surface area (Å²) in [5.74, 6) is 1.54. The molecule has 0 bridgehead atoms. The van der Waals surface area contributed by atoms with Crippen molar-refractivity contribution >= 4 is 23.5 Å². The molecule has 33 heavy (non-hydrogen) atoms. The molecule has 0 atom stereocenters. The van der Waals surface area contributed by atoms with Crippen LogP contribution in [0.4, 0.5) is 10.5 Å². The topological polar surface area (TPSA) is 122 Å². The molecule has 0 unspecified atom stereocenters. The van der Waals surface area contributed by atoms with E-state index in [0.717, 1.165) is 31.7 Å². The van der Waals surface area contributed by atoms with Crippen molar-refractivity contribution in [2.45, 2.75) is 25.8 Å². The second-order valence-corrected chi connectivity index (χ2v) is 8.02. The molecule has 1 saturated heterocycles. The fourth-order valence-electron chi connectivity index (χ4n) is 3.88. The van der Waals surface area contributed by atoms with Crippen LogP contribution in [0.3, 0.4) is 0 Å². The van der Waals surface area contributed by atoms with Gasteiger partial charge < -0.3 is 29.4 Å². The third-order valence-corrected chi connectivity index (χ3v) is 5.68. The second-order valence-electron chi connectivity index (χ2n) is 8.02. The minimum Gasteiger partial charge on any atom is -0.486 e. The molecular weight excluding hydrogens is 428 g/mol. The van der Waals surface area contributed by atoms with Crippen molar-refractivity contribution in [3.05, 3.63) is 42.4 Å². The highest BCUT2D eigenvalue weighted by molar-refractivity contribution is 6.01. The van der Waals surface area contributed by atoms with E-state index >= 15 is 0 Å². The van der Waals surface area contributed by atoms with E-state index in [9.17, 15) is 14.4 Å². The molecule has 1 aromatic heterocycles. The van der Waals surface area contributed by atoms with Crippen molar-refractivity contribution in [3.63, 3.8) is 0 Å². The highest BCUT2D eigenvalue weighted by Gasteiger charge is 2.25. The molecule has 2 aliphatic heterocycles. The number of hydrogen-bond donors (Lipinski definition) is 3. The van der Waals surface area contributed by atoms with Gasteiger partial charge in [-0.3, -0.25) is 14.9 Å². The van der Waals surface area contributed by atoms with E-state index in [1.165, 1.54) is 0 Å². The van der Waals surface area contributed by atoms with Crippen LogP contribution < -0.4 is 25.4 Å². The zero-order chi connectivity index (χ0) is 23.0. The highest BCUT2D eigenvalue weighted by atomic mass is 16.6. The number of likely N-dealkylation sites (tertiary alicyclic amines) is 1. The van der Waals surface area contributed by atoms with Crippen LogP contribution in [0, 0.1) is 5.92 Å². The van der Waals surface area contributed by atoms with Crippen molar-refractivity contribution in [1.82, 2.24) is 15.5 Å². The van der Waals surface area contributed by atoms with Gasteiger partial charge in [-0.1, -0.05) is 0 Å². The molecule has 2 aromatic rings. The summed E-state index contributed by atoms with van der Waals surface area (Å²) >= 11 is 0. The first-order valence-corrected chi connectivity index (χ1v) is 11.1. The highest BCUT2D eigenvalue weighted by Crippen LogP contribution is 2.32. The summed E-state index contributed by atoms with van der Waals surface area (Å²) < 4.78 is 16.2. The standard InChI is InChI=1S/C23H28N4O6/c28-21(26-23(30)25-17-3-4-19-20(14-17)33-13-12-32-19)7-10-27-8-5-16(6-9-27)22(29)24-15-18-2-1-11-31-18/h1-4,11,14,16H,5-10,12-13,15H2,(H,24,29)(H2,25,26,28,30). The van der Waals surface area contributed by atoms with Crippen LogP contribution in [-0.4, -0.2) is 55.6 Å². The van der Waals surface area contributed by atoms with Gasteiger partial charge in [-0.25, -0.2) is 4.79 Å². The molecule has 176 valence electrons. The molecule has 3 N–H and O–H groups in total. The molecule has 1 aromatic carbocycles. The summed E-state index contributed by atoms with van der Waals surface area (Å²) in [6.07, 6.45) is 3.24. The number of carbonyl (C=O) groups is 3. The maximum Gasteiger partial charge on any atom is 0.325 e. The van der Waals surface area contributed by atoms with Gasteiger partial charge in [0.25, 0.3) is 0 Å². The molecule has 1 fully saturated rings. The quantitative estimate of drug-likeness (QED) is 0.583. The van der Waals surface area contributed by atoms with Crippen LogP contribution in [0.15, 0.2) is 41.0 Å². The Morgan fingerprint density at radius 2 is 1.82 bits per heavy atom. The maximum absolute atomic E-state index is 12.3. The lowest BCUT2D eigenvalue weighted by molar-refractivity contribution is -0.127. The Morgan fingerprint density at radius 1 is 1.03 bits per heavy atom. The molecule has 4 rings (SSSR count). The Morgan fingerprint density at radius 3 is 2.58 bits per heavy atom. The van der Waals surface area contributed by atoms with E-state index in [1.807, 2.05) is 6.07 Å². The fourth-order valence-corrected chi connectivity index (χ4v) is 3.88. The Hall–Kier alpha value is -3.53. The summed E-state index contributed by atoms with van der Waals surface area (Å²) in [7, 11) is 0. The first kappa shape index (κ1) is 22.7. The van der Waals surface area contributed by atoms with E-state index in [0.29, 0.717) is 43.5 Å². The van der Waals surface area contributed by atoms with E-state index in [1.54, 1.807) is 30.5 Å². The molecule has 0 saturated carbocycles. The number of rotatable bonds is 7. The summed E-state index contributed by atoms with van der Waals surface area (Å²) in [4.78, 5) is 38.8. The van der Waals surface area contributed by atoms with Crippen molar-refractivity contribution in [3.8, 4) is 11.5 Å². The normalized spacial score (nSPS) is 16.1. The summed E-state index contributed by atoms with van der Waals surface area (Å²) in [6, 6.07) is 8.08. The first-order chi connectivity index (χ1) is 16.1. The van der Waals surface area contributed by atoms with Crippen LogP contribution in [0.25, 0.3) is 0 Å². The lowest BCUT2D eigenvalue weighted by Crippen LogP contribution is -2.42. The lowest BCUT2D eigenvalue weighted by Gasteiger charge is -2.31. The van der Waals surface area contributed by atoms with Gasteiger partial charge in [-0.15, -0.1) is 0 Å². The van der Waals surface area contributed by atoms with Gasteiger partial charge in [0.05, 0.1) is 12.8 Å². The molecule has 0 radical (unpaired) electrons. The fraction of sp³-hybridized carbons (Fsp3) is 0.435. The van der Waals surface area contributed by atoms with E-state index in [4.69, 9.17) is 13.9 Å². The molecule has 10 heteroatoms. The number of imide groups is 1. The van der Waals surface area contributed by atoms with Crippen LogP contribution >= 0.6 is 0 Å². The van der Waals surface area contributed by atoms with Gasteiger partial charge in [0.2, 0.25) is 11.8 Å². The number of amides is 4. The Bertz CT molecular complexity index is 969. The molecule has 10 nitrogen and oxygen atoms in total. The monoisotopic (exact) mass is 456 g/mol. The van der Waals surface area contributed by atoms with Gasteiger partial charge in [0, 0.05) is 30.6 Å². The average molecular weight is 456 g/mol. The Kier molecular flexibility index (Phi) is 7.46. The Labute approximate surface area is 191 Å². The number of piperidine rings is 1. The zero-order valence-corrected chi connectivity index (χ0v) is 18.3. The molecule has 3 heterocycles. The van der Waals surface area contributed by atoms with Gasteiger partial charge in [-0.2, -0.15) is 0 Å². The predicted octanol–water partition coefficient (Wildman–Crippen LogP) is 2.12. The van der Waals surface area contributed by atoms with Crippen LogP contribution in [0.2, 0.25) is 0 Å². The van der Waals surface area contributed by atoms with Crippen molar-refractivity contribution < 1.29 is 28.3 Å². The number of anilines is 1. The predicted molar refractivity (Wildman–Crippen MR) is 119 cm³/mol. The van der Waals surface area contributed by atoms with Gasteiger partial charge in [0.15, 0.2) is 11.5 Å². The summed E-state index contributed by atoms with van der Waals surface area (Å²) in [5, 5.41) is 7.88. The SMILES string of the molecule is O=C(CCN1CCC(C(=O)NCc2ccco2)CC1)NC(=O)Nc1ccc2c(c1)OCCO2. The molecular formula is C23H28N4O6. The average Bonchev–Trinajstić information content (AvgIpc) is 3.35. The number of ether oxygens (including phenoxy) is 2. The zero-order valence-electron chi connectivity index (χ0n) is 18.3. The van der Waals surface area contributed by atoms with Gasteiger partial charge in [0.1, 0.15) is 19.0 Å². The number of hydrogen-bond acceptors (Lipinski definition) is 7. The second kappa shape index (κ2) is 10.9. The number of nitrogens with one attached hydrogen (secondary N) is 3. The molecule has 2 aliphatic rings. The summed E-state index contributed by atoms with van der Waals surface area (Å²) in [5.41, 5.74) is 0.511. The third-order valence-electron chi connectivity index (χ3n) is 5.68. The number of nitrogens with zero attached hydrogens (tertiary/aromatic N) is 1. The van der Waals surface area contributed by atoms with Gasteiger partial charge in [-0.05, 0) is 50.2 Å². The van der Waals surface area contributed by atoms with Crippen LogP contribution in [-0.2, 0) is 16.1 Å². The largest absolute Gasteiger partial charge is 0.486 e.